The Balaban J connectivity index is 2.44. The molecule has 0 fully saturated rings. The number of allylic oxidation sites excluding steroid dienone is 1. The molecule has 0 aliphatic heterocycles. The van der Waals surface area contributed by atoms with Crippen molar-refractivity contribution >= 4 is 5.78 Å². The van der Waals surface area contributed by atoms with Crippen molar-refractivity contribution in [1.29, 1.82) is 0 Å². The lowest BCUT2D eigenvalue weighted by Gasteiger charge is -2.43. The third kappa shape index (κ3) is 2.81. The van der Waals surface area contributed by atoms with Gasteiger partial charge in [-0.25, -0.2) is 0 Å². The van der Waals surface area contributed by atoms with E-state index in [1.54, 1.807) is 7.11 Å². The average molecular weight is 324 g/mol. The molecular formula is C18H28O5. The molecule has 2 rings (SSSR count). The number of ketones is 1. The smallest absolute Gasteiger partial charge is 0.244 e. The normalized spacial score (nSPS) is 29.9. The Morgan fingerprint density at radius 3 is 2.22 bits per heavy atom. The van der Waals surface area contributed by atoms with Crippen LogP contribution in [0.5, 0.6) is 0 Å². The molecule has 0 unspecified atom stereocenters. The third-order valence-corrected chi connectivity index (χ3v) is 4.27. The number of methoxy groups -OCH3 is 1. The van der Waals surface area contributed by atoms with Gasteiger partial charge >= 0.3 is 0 Å². The van der Waals surface area contributed by atoms with Crippen molar-refractivity contribution in [3.63, 3.8) is 0 Å². The molecule has 0 saturated carbocycles. The summed E-state index contributed by atoms with van der Waals surface area (Å²) in [6, 6.07) is 0. The minimum absolute atomic E-state index is 0.122. The summed E-state index contributed by atoms with van der Waals surface area (Å²) >= 11 is 0. The van der Waals surface area contributed by atoms with Crippen LogP contribution in [-0.4, -0.2) is 41.9 Å². The van der Waals surface area contributed by atoms with Gasteiger partial charge in [0, 0.05) is 12.7 Å². The van der Waals surface area contributed by atoms with Crippen LogP contribution in [0.2, 0.25) is 0 Å². The summed E-state index contributed by atoms with van der Waals surface area (Å²) in [7, 11) is 1.59. The lowest BCUT2D eigenvalue weighted by Crippen LogP contribution is -2.57. The summed E-state index contributed by atoms with van der Waals surface area (Å²) < 4.78 is 16.9. The van der Waals surface area contributed by atoms with Crippen molar-refractivity contribution < 1.29 is 24.1 Å². The van der Waals surface area contributed by atoms with Gasteiger partial charge in [-0.3, -0.25) is 4.79 Å². The molecule has 23 heavy (non-hydrogen) atoms. The van der Waals surface area contributed by atoms with Gasteiger partial charge in [0.1, 0.15) is 0 Å². The van der Waals surface area contributed by atoms with Gasteiger partial charge in [0.15, 0.2) is 5.76 Å². The summed E-state index contributed by atoms with van der Waals surface area (Å²) in [5.74, 6) is -0.123. The Bertz CT molecular complexity index is 556. The monoisotopic (exact) mass is 324 g/mol. The number of hydrogen-bond acceptors (Lipinski definition) is 5. The molecule has 1 N–H and O–H groups in total. The first-order valence-corrected chi connectivity index (χ1v) is 8.14. The molecule has 0 amide bonds. The Morgan fingerprint density at radius 1 is 1.17 bits per heavy atom. The lowest BCUT2D eigenvalue weighted by molar-refractivity contribution is -0.147. The maximum atomic E-state index is 12.7. The molecule has 130 valence electrons. The van der Waals surface area contributed by atoms with Crippen LogP contribution in [-0.2, 0) is 19.0 Å². The predicted octanol–water partition coefficient (Wildman–Crippen LogP) is 2.73. The highest BCUT2D eigenvalue weighted by atomic mass is 16.6. The van der Waals surface area contributed by atoms with E-state index in [0.29, 0.717) is 5.57 Å². The van der Waals surface area contributed by atoms with Gasteiger partial charge in [0.25, 0.3) is 0 Å². The van der Waals surface area contributed by atoms with E-state index < -0.39 is 11.4 Å². The SMILES string of the molecule is CO[C@@H]1C([C@]2(O)C(=O)C(OC(C)C)=C2OC(C)C)=CCC1(C)C. The van der Waals surface area contributed by atoms with E-state index in [9.17, 15) is 9.90 Å². The predicted molar refractivity (Wildman–Crippen MR) is 86.7 cm³/mol. The van der Waals surface area contributed by atoms with E-state index in [1.807, 2.05) is 33.8 Å². The highest BCUT2D eigenvalue weighted by Gasteiger charge is 2.63. The molecule has 2 aliphatic rings. The first-order valence-electron chi connectivity index (χ1n) is 8.14. The zero-order valence-electron chi connectivity index (χ0n) is 15.1. The average Bonchev–Trinajstić information content (AvgIpc) is 2.76. The lowest BCUT2D eigenvalue weighted by atomic mass is 9.72. The van der Waals surface area contributed by atoms with Gasteiger partial charge in [0.2, 0.25) is 17.1 Å². The highest BCUT2D eigenvalue weighted by molar-refractivity contribution is 6.12. The molecule has 0 radical (unpaired) electrons. The molecule has 0 aromatic rings. The summed E-state index contributed by atoms with van der Waals surface area (Å²) in [5, 5.41) is 11.1. The quantitative estimate of drug-likeness (QED) is 0.761. The molecule has 0 aromatic heterocycles. The molecule has 0 spiro atoms. The first kappa shape index (κ1) is 18.0. The van der Waals surface area contributed by atoms with Crippen molar-refractivity contribution in [2.75, 3.05) is 7.11 Å². The second kappa shape index (κ2) is 5.95. The molecule has 5 nitrogen and oxygen atoms in total. The number of carbonyl (C=O) groups excluding carboxylic acids is 1. The molecule has 0 aromatic carbocycles. The topological polar surface area (TPSA) is 65.0 Å². The molecule has 2 atom stereocenters. The maximum absolute atomic E-state index is 12.7. The molecule has 0 bridgehead atoms. The highest BCUT2D eigenvalue weighted by Crippen LogP contribution is 2.51. The van der Waals surface area contributed by atoms with E-state index in [1.165, 1.54) is 0 Å². The van der Waals surface area contributed by atoms with Gasteiger partial charge in [-0.15, -0.1) is 0 Å². The van der Waals surface area contributed by atoms with Crippen LogP contribution in [0.15, 0.2) is 23.2 Å². The molecule has 0 saturated heterocycles. The summed E-state index contributed by atoms with van der Waals surface area (Å²) in [5.41, 5.74) is -1.40. The Kier molecular flexibility index (Phi) is 4.66. The van der Waals surface area contributed by atoms with Crippen LogP contribution >= 0.6 is 0 Å². The molecule has 2 aliphatic carbocycles. The van der Waals surface area contributed by atoms with Crippen molar-refractivity contribution in [3.8, 4) is 0 Å². The van der Waals surface area contributed by atoms with Crippen molar-refractivity contribution in [2.24, 2.45) is 5.41 Å². The Labute approximate surface area is 138 Å². The number of Topliss-reactive ketones (excluding diaryl/α,β-unsaturated/α-hetero) is 1. The zero-order valence-corrected chi connectivity index (χ0v) is 15.1. The fourth-order valence-corrected chi connectivity index (χ4v) is 3.24. The van der Waals surface area contributed by atoms with Crippen LogP contribution < -0.4 is 0 Å². The summed E-state index contributed by atoms with van der Waals surface area (Å²) in [6.07, 6.45) is 1.93. The van der Waals surface area contributed by atoms with Crippen molar-refractivity contribution in [1.82, 2.24) is 0 Å². The van der Waals surface area contributed by atoms with Crippen LogP contribution in [0.4, 0.5) is 0 Å². The van der Waals surface area contributed by atoms with Crippen molar-refractivity contribution in [2.45, 2.75) is 71.9 Å². The number of rotatable bonds is 6. The zero-order chi connectivity index (χ0) is 17.6. The fourth-order valence-electron chi connectivity index (χ4n) is 3.24. The van der Waals surface area contributed by atoms with Gasteiger partial charge in [-0.1, -0.05) is 19.9 Å². The maximum Gasteiger partial charge on any atom is 0.244 e. The number of ether oxygens (including phenoxy) is 3. The molecular weight excluding hydrogens is 296 g/mol. The van der Waals surface area contributed by atoms with Crippen LogP contribution in [0.25, 0.3) is 0 Å². The van der Waals surface area contributed by atoms with Crippen LogP contribution in [0, 0.1) is 5.41 Å². The largest absolute Gasteiger partial charge is 0.487 e. The minimum Gasteiger partial charge on any atom is -0.487 e. The Morgan fingerprint density at radius 2 is 1.74 bits per heavy atom. The van der Waals surface area contributed by atoms with E-state index in [-0.39, 0.29) is 35.2 Å². The number of hydrogen-bond donors (Lipinski definition) is 1. The summed E-state index contributed by atoms with van der Waals surface area (Å²) in [4.78, 5) is 12.7. The Hall–Kier alpha value is -1.33. The first-order chi connectivity index (χ1) is 10.6. The summed E-state index contributed by atoms with van der Waals surface area (Å²) in [6.45, 7) is 11.5. The third-order valence-electron chi connectivity index (χ3n) is 4.27. The van der Waals surface area contributed by atoms with Crippen molar-refractivity contribution in [3.05, 3.63) is 23.2 Å². The molecule has 5 heteroatoms. The second-order valence-corrected chi connectivity index (χ2v) is 7.50. The fraction of sp³-hybridized carbons (Fsp3) is 0.722. The van der Waals surface area contributed by atoms with Gasteiger partial charge in [-0.2, -0.15) is 0 Å². The van der Waals surface area contributed by atoms with E-state index in [2.05, 4.69) is 13.8 Å². The van der Waals surface area contributed by atoms with Crippen LogP contribution in [0.3, 0.4) is 0 Å². The standard InChI is InChI=1S/C18H28O5/c1-10(2)22-13-14(19)18(20,16(13)23-11(3)4)12-8-9-17(5,6)15(12)21-7/h8,10-11,15,20H,9H2,1-7H3/t15-,18+/m1/s1. The van der Waals surface area contributed by atoms with Crippen LogP contribution in [0.1, 0.15) is 48.0 Å². The minimum atomic E-state index is -1.77. The van der Waals surface area contributed by atoms with E-state index >= 15 is 0 Å². The van der Waals surface area contributed by atoms with Gasteiger partial charge in [-0.05, 0) is 39.5 Å². The van der Waals surface area contributed by atoms with Gasteiger partial charge in [0.05, 0.1) is 18.3 Å². The van der Waals surface area contributed by atoms with E-state index in [0.717, 1.165) is 6.42 Å². The second-order valence-electron chi connectivity index (χ2n) is 7.50. The van der Waals surface area contributed by atoms with E-state index in [4.69, 9.17) is 14.2 Å². The number of aliphatic hydroxyl groups is 1. The molecule has 0 heterocycles. The number of carbonyl (C=O) groups is 1. The van der Waals surface area contributed by atoms with Gasteiger partial charge < -0.3 is 19.3 Å².